The molecule has 0 aliphatic rings. The molecule has 9 heteroatoms. The summed E-state index contributed by atoms with van der Waals surface area (Å²) in [5, 5.41) is 14.0. The van der Waals surface area contributed by atoms with Gasteiger partial charge in [-0.2, -0.15) is 0 Å². The van der Waals surface area contributed by atoms with Crippen LogP contribution in [0.5, 0.6) is 5.75 Å². The fraction of sp³-hybridized carbons (Fsp3) is 0.133. The Morgan fingerprint density at radius 2 is 1.83 bits per heavy atom. The highest BCUT2D eigenvalue weighted by atomic mass is 35.5. The second kappa shape index (κ2) is 7.70. The van der Waals surface area contributed by atoms with E-state index in [1.807, 2.05) is 0 Å². The molecule has 6 nitrogen and oxygen atoms in total. The van der Waals surface area contributed by atoms with Crippen molar-refractivity contribution in [2.75, 3.05) is 5.32 Å². The molecule has 0 saturated heterocycles. The van der Waals surface area contributed by atoms with Crippen LogP contribution in [0.15, 0.2) is 36.4 Å². The normalized spacial score (nSPS) is 11.7. The maximum Gasteiger partial charge on any atom is 0.273 e. The molecule has 126 valence electrons. The summed E-state index contributed by atoms with van der Waals surface area (Å²) >= 11 is 17.8. The maximum absolute atomic E-state index is 12.2. The number of carbonyl (C=O) groups is 1. The first-order valence-corrected chi connectivity index (χ1v) is 7.78. The van der Waals surface area contributed by atoms with E-state index in [1.54, 1.807) is 0 Å². The molecule has 0 bridgehead atoms. The second-order valence-corrected chi connectivity index (χ2v) is 6.00. The number of benzene rings is 2. The molecule has 0 spiro atoms. The van der Waals surface area contributed by atoms with Crippen LogP contribution in [-0.2, 0) is 4.79 Å². The molecule has 0 aliphatic heterocycles. The predicted octanol–water partition coefficient (Wildman–Crippen LogP) is 4.96. The summed E-state index contributed by atoms with van der Waals surface area (Å²) in [4.78, 5) is 22.4. The second-order valence-electron chi connectivity index (χ2n) is 4.75. The fourth-order valence-electron chi connectivity index (χ4n) is 1.81. The number of nitro benzene ring substituents is 1. The van der Waals surface area contributed by atoms with E-state index in [1.165, 1.54) is 43.3 Å². The van der Waals surface area contributed by atoms with Gasteiger partial charge < -0.3 is 10.1 Å². The quantitative estimate of drug-likeness (QED) is 0.579. The van der Waals surface area contributed by atoms with E-state index in [0.29, 0.717) is 5.02 Å². The summed E-state index contributed by atoms with van der Waals surface area (Å²) in [6.45, 7) is 1.49. The topological polar surface area (TPSA) is 81.5 Å². The Balaban J connectivity index is 2.10. The van der Waals surface area contributed by atoms with Crippen molar-refractivity contribution in [3.63, 3.8) is 0 Å². The average molecular weight is 390 g/mol. The fourth-order valence-corrected chi connectivity index (χ4v) is 2.73. The number of nitro groups is 1. The lowest BCUT2D eigenvalue weighted by Gasteiger charge is -2.16. The zero-order chi connectivity index (χ0) is 17.9. The van der Waals surface area contributed by atoms with Crippen molar-refractivity contribution in [3.8, 4) is 5.75 Å². The smallest absolute Gasteiger partial charge is 0.273 e. The third kappa shape index (κ3) is 4.50. The molecule has 0 unspecified atom stereocenters. The van der Waals surface area contributed by atoms with Gasteiger partial charge in [-0.15, -0.1) is 0 Å². The van der Waals surface area contributed by atoms with Crippen molar-refractivity contribution in [3.05, 3.63) is 61.6 Å². The number of rotatable bonds is 5. The van der Waals surface area contributed by atoms with Crippen molar-refractivity contribution >= 4 is 52.1 Å². The van der Waals surface area contributed by atoms with Gasteiger partial charge in [-0.1, -0.05) is 40.9 Å². The number of non-ortho nitro benzene ring substituents is 1. The first-order valence-electron chi connectivity index (χ1n) is 6.64. The number of nitrogens with one attached hydrogen (secondary N) is 1. The minimum Gasteiger partial charge on any atom is -0.481 e. The van der Waals surface area contributed by atoms with Gasteiger partial charge in [-0.3, -0.25) is 14.9 Å². The summed E-state index contributed by atoms with van der Waals surface area (Å²) in [5.41, 5.74) is 0.0751. The van der Waals surface area contributed by atoms with Gasteiger partial charge in [0.15, 0.2) is 6.10 Å². The van der Waals surface area contributed by atoms with Gasteiger partial charge in [0.1, 0.15) is 5.75 Å². The predicted molar refractivity (Wildman–Crippen MR) is 93.3 cm³/mol. The maximum atomic E-state index is 12.2. The van der Waals surface area contributed by atoms with Crippen LogP contribution in [-0.4, -0.2) is 16.9 Å². The van der Waals surface area contributed by atoms with E-state index in [9.17, 15) is 14.9 Å². The number of anilines is 1. The number of nitrogens with zero attached hydrogens (tertiary/aromatic N) is 1. The Morgan fingerprint density at radius 1 is 1.21 bits per heavy atom. The molecule has 2 rings (SSSR count). The highest BCUT2D eigenvalue weighted by Gasteiger charge is 2.19. The van der Waals surface area contributed by atoms with Gasteiger partial charge >= 0.3 is 0 Å². The van der Waals surface area contributed by atoms with E-state index < -0.39 is 16.9 Å². The van der Waals surface area contributed by atoms with Crippen molar-refractivity contribution in [2.24, 2.45) is 0 Å². The summed E-state index contributed by atoms with van der Waals surface area (Å²) in [7, 11) is 0. The van der Waals surface area contributed by atoms with Gasteiger partial charge in [-0.05, 0) is 25.1 Å². The molecule has 2 aromatic rings. The summed E-state index contributed by atoms with van der Waals surface area (Å²) in [5.74, 6) is -0.326. The van der Waals surface area contributed by atoms with E-state index >= 15 is 0 Å². The third-order valence-electron chi connectivity index (χ3n) is 2.97. The molecule has 0 heterocycles. The van der Waals surface area contributed by atoms with Crippen molar-refractivity contribution < 1.29 is 14.5 Å². The molecule has 0 aromatic heterocycles. The lowest BCUT2D eigenvalue weighted by Crippen LogP contribution is -2.30. The van der Waals surface area contributed by atoms with E-state index in [2.05, 4.69) is 5.32 Å². The molecule has 1 N–H and O–H groups in total. The van der Waals surface area contributed by atoms with Crippen LogP contribution in [0.4, 0.5) is 11.4 Å². The summed E-state index contributed by atoms with van der Waals surface area (Å²) in [6, 6.07) is 8.41. The molecule has 0 radical (unpaired) electrons. The Labute approximate surface area is 152 Å². The standard InChI is InChI=1S/C15H11Cl3N2O4/c1-8(24-11-4-2-3-10(7-11)20(22)23)15(21)19-14-12(17)5-9(16)6-13(14)18/h2-8H,1H3,(H,19,21)/t8-/m1/s1. The average Bonchev–Trinajstić information content (AvgIpc) is 2.50. The number of amides is 1. The van der Waals surface area contributed by atoms with Crippen molar-refractivity contribution in [1.82, 2.24) is 0 Å². The molecule has 0 saturated carbocycles. The van der Waals surface area contributed by atoms with E-state index in [0.717, 1.165) is 0 Å². The van der Waals surface area contributed by atoms with Gasteiger partial charge in [0.25, 0.3) is 11.6 Å². The van der Waals surface area contributed by atoms with Gasteiger partial charge in [-0.25, -0.2) is 0 Å². The van der Waals surface area contributed by atoms with Crippen LogP contribution in [0.2, 0.25) is 15.1 Å². The van der Waals surface area contributed by atoms with Crippen LogP contribution in [0.3, 0.4) is 0 Å². The Hall–Kier alpha value is -2.02. The zero-order valence-corrected chi connectivity index (χ0v) is 14.5. The molecular formula is C15H11Cl3N2O4. The third-order valence-corrected chi connectivity index (χ3v) is 3.78. The highest BCUT2D eigenvalue weighted by molar-refractivity contribution is 6.42. The monoisotopic (exact) mass is 388 g/mol. The lowest BCUT2D eigenvalue weighted by molar-refractivity contribution is -0.384. The lowest BCUT2D eigenvalue weighted by atomic mass is 10.2. The number of ether oxygens (including phenoxy) is 1. The molecular weight excluding hydrogens is 379 g/mol. The van der Waals surface area contributed by atoms with Gasteiger partial charge in [0.2, 0.25) is 0 Å². The molecule has 24 heavy (non-hydrogen) atoms. The van der Waals surface area contributed by atoms with Crippen LogP contribution in [0.1, 0.15) is 6.92 Å². The van der Waals surface area contributed by atoms with Crippen LogP contribution < -0.4 is 10.1 Å². The first kappa shape index (κ1) is 18.3. The Kier molecular flexibility index (Phi) is 5.88. The summed E-state index contributed by atoms with van der Waals surface area (Å²) in [6.07, 6.45) is -0.935. The van der Waals surface area contributed by atoms with Gasteiger partial charge in [0.05, 0.1) is 26.7 Å². The minimum absolute atomic E-state index is 0.135. The van der Waals surface area contributed by atoms with Crippen LogP contribution in [0.25, 0.3) is 0 Å². The minimum atomic E-state index is -0.935. The first-order chi connectivity index (χ1) is 11.3. The summed E-state index contributed by atoms with van der Waals surface area (Å²) < 4.78 is 5.41. The van der Waals surface area contributed by atoms with Crippen molar-refractivity contribution in [2.45, 2.75) is 13.0 Å². The number of hydrogen-bond donors (Lipinski definition) is 1. The number of hydrogen-bond acceptors (Lipinski definition) is 4. The largest absolute Gasteiger partial charge is 0.481 e. The van der Waals surface area contributed by atoms with Crippen molar-refractivity contribution in [1.29, 1.82) is 0 Å². The molecule has 0 fully saturated rings. The van der Waals surface area contributed by atoms with Crippen LogP contribution in [0, 0.1) is 10.1 Å². The Bertz CT molecular complexity index is 775. The molecule has 1 atom stereocenters. The van der Waals surface area contributed by atoms with E-state index in [4.69, 9.17) is 39.5 Å². The molecule has 1 amide bonds. The number of halogens is 3. The Morgan fingerprint density at radius 3 is 2.42 bits per heavy atom. The zero-order valence-electron chi connectivity index (χ0n) is 12.3. The van der Waals surface area contributed by atoms with Gasteiger partial charge in [0, 0.05) is 11.1 Å². The molecule has 2 aromatic carbocycles. The number of carbonyl (C=O) groups excluding carboxylic acids is 1. The molecule has 0 aliphatic carbocycles. The van der Waals surface area contributed by atoms with Crippen LogP contribution >= 0.6 is 34.8 Å². The van der Waals surface area contributed by atoms with E-state index in [-0.39, 0.29) is 27.2 Å². The highest BCUT2D eigenvalue weighted by Crippen LogP contribution is 2.33. The SMILES string of the molecule is C[C@@H](Oc1cccc([N+](=O)[O-])c1)C(=O)Nc1c(Cl)cc(Cl)cc1Cl.